The number of nitro groups is 1. The summed E-state index contributed by atoms with van der Waals surface area (Å²) in [5.74, 6) is -3.10. The highest BCUT2D eigenvalue weighted by molar-refractivity contribution is 6.19. The van der Waals surface area contributed by atoms with Gasteiger partial charge in [-0.15, -0.1) is 0 Å². The quantitative estimate of drug-likeness (QED) is 0.269. The van der Waals surface area contributed by atoms with Gasteiger partial charge in [0.15, 0.2) is 11.5 Å². The van der Waals surface area contributed by atoms with Crippen molar-refractivity contribution >= 4 is 23.7 Å². The maximum Gasteiger partial charge on any atom is 0.348 e. The van der Waals surface area contributed by atoms with Crippen LogP contribution in [0.2, 0.25) is 0 Å². The van der Waals surface area contributed by atoms with Crippen LogP contribution in [0, 0.1) is 10.1 Å². The maximum atomic E-state index is 12.0. The molecule has 9 heteroatoms. The second-order valence-electron chi connectivity index (χ2n) is 5.23. The first-order chi connectivity index (χ1) is 11.2. The monoisotopic (exact) mass is 337 g/mol. The van der Waals surface area contributed by atoms with Crippen LogP contribution >= 0.6 is 0 Å². The number of rotatable bonds is 4. The lowest BCUT2D eigenvalue weighted by atomic mass is 10.1. The molecule has 1 aromatic rings. The van der Waals surface area contributed by atoms with Crippen molar-refractivity contribution in [2.45, 2.75) is 19.6 Å². The van der Waals surface area contributed by atoms with Crippen LogP contribution in [0.5, 0.6) is 11.5 Å². The van der Waals surface area contributed by atoms with Gasteiger partial charge in [-0.05, 0) is 12.1 Å². The molecule has 0 aromatic heterocycles. The largest absolute Gasteiger partial charge is 0.493 e. The molecule has 24 heavy (non-hydrogen) atoms. The predicted molar refractivity (Wildman–Crippen MR) is 80.4 cm³/mol. The summed E-state index contributed by atoms with van der Waals surface area (Å²) < 4.78 is 20.1. The summed E-state index contributed by atoms with van der Waals surface area (Å²) in [4.78, 5) is 34.6. The Labute approximate surface area is 136 Å². The number of esters is 2. The van der Waals surface area contributed by atoms with E-state index in [4.69, 9.17) is 18.9 Å². The fourth-order valence-corrected chi connectivity index (χ4v) is 2.16. The maximum absolute atomic E-state index is 12.0. The smallest absolute Gasteiger partial charge is 0.348 e. The van der Waals surface area contributed by atoms with Crippen molar-refractivity contribution in [3.63, 3.8) is 0 Å². The van der Waals surface area contributed by atoms with E-state index in [1.54, 1.807) is 0 Å². The lowest BCUT2D eigenvalue weighted by molar-refractivity contribution is -0.385. The zero-order chi connectivity index (χ0) is 18.1. The molecule has 9 nitrogen and oxygen atoms in total. The average Bonchev–Trinajstić information content (AvgIpc) is 2.48. The minimum atomic E-state index is -1.41. The second kappa shape index (κ2) is 6.19. The molecule has 0 atom stereocenters. The van der Waals surface area contributed by atoms with Crippen molar-refractivity contribution in [1.82, 2.24) is 0 Å². The van der Waals surface area contributed by atoms with Crippen LogP contribution in [-0.4, -0.2) is 36.9 Å². The molecule has 1 saturated heterocycles. The van der Waals surface area contributed by atoms with E-state index < -0.39 is 28.2 Å². The summed E-state index contributed by atoms with van der Waals surface area (Å²) in [6, 6.07) is 2.52. The van der Waals surface area contributed by atoms with Crippen LogP contribution in [0.4, 0.5) is 5.69 Å². The molecular formula is C15H15NO8. The molecule has 1 heterocycles. The minimum absolute atomic E-state index is 0.00429. The molecule has 0 aliphatic carbocycles. The number of methoxy groups -OCH3 is 2. The van der Waals surface area contributed by atoms with E-state index in [0.29, 0.717) is 0 Å². The normalized spacial score (nSPS) is 16.1. The summed E-state index contributed by atoms with van der Waals surface area (Å²) in [6.45, 7) is 2.79. The van der Waals surface area contributed by atoms with Crippen molar-refractivity contribution in [1.29, 1.82) is 0 Å². The molecule has 1 aliphatic heterocycles. The zero-order valence-corrected chi connectivity index (χ0v) is 13.4. The summed E-state index contributed by atoms with van der Waals surface area (Å²) in [7, 11) is 2.64. The van der Waals surface area contributed by atoms with Crippen LogP contribution in [0.15, 0.2) is 17.7 Å². The van der Waals surface area contributed by atoms with Crippen molar-refractivity contribution < 1.29 is 33.5 Å². The Bertz CT molecular complexity index is 728. The third-order valence-corrected chi connectivity index (χ3v) is 3.16. The highest BCUT2D eigenvalue weighted by atomic mass is 16.7. The predicted octanol–water partition coefficient (Wildman–Crippen LogP) is 1.83. The van der Waals surface area contributed by atoms with Gasteiger partial charge in [-0.1, -0.05) is 0 Å². The Hall–Kier alpha value is -3.10. The Morgan fingerprint density at radius 1 is 1.12 bits per heavy atom. The molecule has 128 valence electrons. The SMILES string of the molecule is COc1ccc([N+](=O)[O-])c(C=C2C(=O)OC(C)(C)OC2=O)c1OC. The topological polar surface area (TPSA) is 114 Å². The van der Waals surface area contributed by atoms with Gasteiger partial charge in [0, 0.05) is 19.9 Å². The Balaban J connectivity index is 2.65. The van der Waals surface area contributed by atoms with Gasteiger partial charge in [0.25, 0.3) is 11.5 Å². The number of nitro benzene ring substituents is 1. The number of hydrogen-bond acceptors (Lipinski definition) is 8. The third-order valence-electron chi connectivity index (χ3n) is 3.16. The van der Waals surface area contributed by atoms with E-state index >= 15 is 0 Å². The molecule has 0 spiro atoms. The number of carbonyl (C=O) groups excluding carboxylic acids is 2. The average molecular weight is 337 g/mol. The highest BCUT2D eigenvalue weighted by Crippen LogP contribution is 2.39. The van der Waals surface area contributed by atoms with Gasteiger partial charge in [-0.3, -0.25) is 10.1 Å². The molecule has 0 bridgehead atoms. The van der Waals surface area contributed by atoms with Gasteiger partial charge in [-0.25, -0.2) is 9.59 Å². The number of benzene rings is 1. The first-order valence-electron chi connectivity index (χ1n) is 6.78. The summed E-state index contributed by atoms with van der Waals surface area (Å²) in [6.07, 6.45) is 0.999. The summed E-state index contributed by atoms with van der Waals surface area (Å²) in [5.41, 5.74) is -0.958. The van der Waals surface area contributed by atoms with Crippen LogP contribution in [0.1, 0.15) is 19.4 Å². The van der Waals surface area contributed by atoms with Crippen molar-refractivity contribution in [3.05, 3.63) is 33.4 Å². The highest BCUT2D eigenvalue weighted by Gasteiger charge is 2.39. The fraction of sp³-hybridized carbons (Fsp3) is 0.333. The zero-order valence-electron chi connectivity index (χ0n) is 13.4. The molecule has 2 rings (SSSR count). The first kappa shape index (κ1) is 17.3. The molecular weight excluding hydrogens is 322 g/mol. The number of hydrogen-bond donors (Lipinski definition) is 0. The molecule has 1 aromatic carbocycles. The fourth-order valence-electron chi connectivity index (χ4n) is 2.16. The van der Waals surface area contributed by atoms with Gasteiger partial charge in [0.1, 0.15) is 5.57 Å². The van der Waals surface area contributed by atoms with Crippen molar-refractivity contribution in [2.24, 2.45) is 0 Å². The van der Waals surface area contributed by atoms with Gasteiger partial charge in [0.2, 0.25) is 0 Å². The van der Waals surface area contributed by atoms with E-state index in [2.05, 4.69) is 0 Å². The minimum Gasteiger partial charge on any atom is -0.493 e. The Morgan fingerprint density at radius 2 is 1.71 bits per heavy atom. The Morgan fingerprint density at radius 3 is 2.17 bits per heavy atom. The van der Waals surface area contributed by atoms with Crippen LogP contribution in [0.25, 0.3) is 6.08 Å². The number of carbonyl (C=O) groups is 2. The molecule has 0 saturated carbocycles. The Kier molecular flexibility index (Phi) is 4.45. The van der Waals surface area contributed by atoms with Gasteiger partial charge in [-0.2, -0.15) is 0 Å². The van der Waals surface area contributed by atoms with Crippen LogP contribution < -0.4 is 9.47 Å². The van der Waals surface area contributed by atoms with Crippen molar-refractivity contribution in [3.8, 4) is 11.5 Å². The van der Waals surface area contributed by atoms with E-state index in [9.17, 15) is 19.7 Å². The van der Waals surface area contributed by atoms with E-state index in [0.717, 1.165) is 6.08 Å². The van der Waals surface area contributed by atoms with Gasteiger partial charge in [0.05, 0.1) is 24.7 Å². The van der Waals surface area contributed by atoms with Gasteiger partial charge >= 0.3 is 11.9 Å². The second-order valence-corrected chi connectivity index (χ2v) is 5.23. The third kappa shape index (κ3) is 3.14. The standard InChI is InChI=1S/C15H15NO8/c1-15(2)23-13(17)9(14(18)24-15)7-8-10(16(19)20)5-6-11(21-3)12(8)22-4/h5-7H,1-4H3. The van der Waals surface area contributed by atoms with E-state index in [1.165, 1.54) is 40.2 Å². The number of nitrogens with zero attached hydrogens (tertiary/aromatic N) is 1. The number of cyclic esters (lactones) is 2. The molecule has 0 amide bonds. The van der Waals surface area contributed by atoms with Crippen LogP contribution in [0.3, 0.4) is 0 Å². The lowest BCUT2D eigenvalue weighted by Gasteiger charge is -2.29. The van der Waals surface area contributed by atoms with Gasteiger partial charge < -0.3 is 18.9 Å². The molecule has 0 unspecified atom stereocenters. The van der Waals surface area contributed by atoms with Crippen molar-refractivity contribution in [2.75, 3.05) is 14.2 Å². The van der Waals surface area contributed by atoms with Crippen LogP contribution in [-0.2, 0) is 19.1 Å². The molecule has 0 radical (unpaired) electrons. The summed E-state index contributed by atoms with van der Waals surface area (Å²) >= 11 is 0. The summed E-state index contributed by atoms with van der Waals surface area (Å²) in [5, 5.41) is 11.2. The number of ether oxygens (including phenoxy) is 4. The molecule has 0 N–H and O–H groups in total. The molecule has 1 fully saturated rings. The first-order valence-corrected chi connectivity index (χ1v) is 6.78. The lowest BCUT2D eigenvalue weighted by Crippen LogP contribution is -2.41. The van der Waals surface area contributed by atoms with E-state index in [1.807, 2.05) is 0 Å². The molecule has 1 aliphatic rings. The van der Waals surface area contributed by atoms with E-state index in [-0.39, 0.29) is 22.7 Å².